The maximum atomic E-state index is 12.9. The first-order valence-electron chi connectivity index (χ1n) is 6.53. The molecule has 0 saturated carbocycles. The standard InChI is InChI=1S/C18H17FO/c19-14-18(20-15-17-10-5-2-6-11-17)13-7-12-16-8-3-1-4-9-16/h1-13H,14-15H2/b12-7+,18-13+. The van der Waals surface area contributed by atoms with Crippen LogP contribution in [0.4, 0.5) is 4.39 Å². The number of allylic oxidation sites excluding steroid dienone is 3. The molecule has 2 rings (SSSR count). The highest BCUT2D eigenvalue weighted by Gasteiger charge is 1.97. The smallest absolute Gasteiger partial charge is 0.147 e. The van der Waals surface area contributed by atoms with Crippen LogP contribution >= 0.6 is 0 Å². The van der Waals surface area contributed by atoms with E-state index in [1.54, 1.807) is 12.2 Å². The van der Waals surface area contributed by atoms with E-state index in [2.05, 4.69) is 0 Å². The summed E-state index contributed by atoms with van der Waals surface area (Å²) in [5.41, 5.74) is 2.10. The van der Waals surface area contributed by atoms with Crippen LogP contribution in [0.3, 0.4) is 0 Å². The van der Waals surface area contributed by atoms with Gasteiger partial charge in [-0.25, -0.2) is 4.39 Å². The van der Waals surface area contributed by atoms with Crippen LogP contribution in [0.25, 0.3) is 6.08 Å². The van der Waals surface area contributed by atoms with Crippen molar-refractivity contribution in [3.63, 3.8) is 0 Å². The highest BCUT2D eigenvalue weighted by atomic mass is 19.1. The van der Waals surface area contributed by atoms with E-state index in [-0.39, 0.29) is 0 Å². The summed E-state index contributed by atoms with van der Waals surface area (Å²) in [7, 11) is 0. The van der Waals surface area contributed by atoms with E-state index in [4.69, 9.17) is 4.74 Å². The summed E-state index contributed by atoms with van der Waals surface area (Å²) in [5.74, 6) is 0.334. The van der Waals surface area contributed by atoms with Gasteiger partial charge in [0, 0.05) is 0 Å². The predicted molar refractivity (Wildman–Crippen MR) is 80.8 cm³/mol. The van der Waals surface area contributed by atoms with Crippen LogP contribution in [-0.2, 0) is 11.3 Å². The first kappa shape index (κ1) is 14.1. The highest BCUT2D eigenvalue weighted by Crippen LogP contribution is 2.08. The summed E-state index contributed by atoms with van der Waals surface area (Å²) in [5, 5.41) is 0. The molecule has 0 saturated heterocycles. The zero-order chi connectivity index (χ0) is 14.0. The summed E-state index contributed by atoms with van der Waals surface area (Å²) < 4.78 is 18.3. The van der Waals surface area contributed by atoms with Crippen molar-refractivity contribution in [2.24, 2.45) is 0 Å². The Balaban J connectivity index is 1.91. The van der Waals surface area contributed by atoms with E-state index < -0.39 is 6.67 Å². The Bertz CT molecular complexity index is 558. The van der Waals surface area contributed by atoms with Gasteiger partial charge < -0.3 is 4.74 Å². The topological polar surface area (TPSA) is 9.23 Å². The maximum Gasteiger partial charge on any atom is 0.147 e. The number of hydrogen-bond donors (Lipinski definition) is 0. The van der Waals surface area contributed by atoms with Gasteiger partial charge in [-0.05, 0) is 17.2 Å². The van der Waals surface area contributed by atoms with Gasteiger partial charge in [0.1, 0.15) is 19.0 Å². The average molecular weight is 268 g/mol. The molecular formula is C18H17FO. The Morgan fingerprint density at radius 2 is 1.60 bits per heavy atom. The molecule has 0 aliphatic heterocycles. The van der Waals surface area contributed by atoms with Crippen LogP contribution < -0.4 is 0 Å². The molecule has 0 unspecified atom stereocenters. The van der Waals surface area contributed by atoms with Gasteiger partial charge in [0.25, 0.3) is 0 Å². The molecule has 0 N–H and O–H groups in total. The van der Waals surface area contributed by atoms with E-state index in [1.165, 1.54) is 0 Å². The fourth-order valence-electron chi connectivity index (χ4n) is 1.71. The van der Waals surface area contributed by atoms with Crippen LogP contribution in [0.15, 0.2) is 78.6 Å². The summed E-state index contributed by atoms with van der Waals surface area (Å²) in [6.07, 6.45) is 5.38. The third-order valence-electron chi connectivity index (χ3n) is 2.77. The number of rotatable bonds is 6. The summed E-state index contributed by atoms with van der Waals surface area (Å²) in [6.45, 7) is -0.221. The molecule has 0 bridgehead atoms. The van der Waals surface area contributed by atoms with E-state index in [0.29, 0.717) is 12.4 Å². The third-order valence-corrected chi connectivity index (χ3v) is 2.77. The lowest BCUT2D eigenvalue weighted by Crippen LogP contribution is -1.95. The number of halogens is 1. The first-order valence-corrected chi connectivity index (χ1v) is 6.53. The van der Waals surface area contributed by atoms with Gasteiger partial charge >= 0.3 is 0 Å². The molecule has 0 aliphatic rings. The van der Waals surface area contributed by atoms with E-state index in [9.17, 15) is 4.39 Å². The van der Waals surface area contributed by atoms with Crippen molar-refractivity contribution in [1.29, 1.82) is 0 Å². The third kappa shape index (κ3) is 4.73. The van der Waals surface area contributed by atoms with Crippen molar-refractivity contribution >= 4 is 6.08 Å². The lowest BCUT2D eigenvalue weighted by Gasteiger charge is -2.06. The van der Waals surface area contributed by atoms with Crippen molar-refractivity contribution in [2.45, 2.75) is 6.61 Å². The largest absolute Gasteiger partial charge is 0.490 e. The quantitative estimate of drug-likeness (QED) is 0.541. The van der Waals surface area contributed by atoms with Crippen LogP contribution in [0.5, 0.6) is 0 Å². The second kappa shape index (κ2) is 7.95. The molecule has 0 atom stereocenters. The SMILES string of the molecule is FC/C(=C\C=C\c1ccccc1)OCc1ccccc1. The number of alkyl halides is 1. The molecule has 2 aromatic carbocycles. The van der Waals surface area contributed by atoms with Gasteiger partial charge in [-0.3, -0.25) is 0 Å². The molecule has 0 amide bonds. The molecule has 0 radical (unpaired) electrons. The van der Waals surface area contributed by atoms with Gasteiger partial charge in [-0.2, -0.15) is 0 Å². The normalized spacial score (nSPS) is 11.8. The van der Waals surface area contributed by atoms with Crippen molar-refractivity contribution in [3.8, 4) is 0 Å². The lowest BCUT2D eigenvalue weighted by atomic mass is 10.2. The molecule has 102 valence electrons. The van der Waals surface area contributed by atoms with Crippen LogP contribution in [0, 0.1) is 0 Å². The summed E-state index contributed by atoms with van der Waals surface area (Å²) >= 11 is 0. The van der Waals surface area contributed by atoms with Crippen LogP contribution in [0.2, 0.25) is 0 Å². The Hall–Kier alpha value is -2.35. The molecule has 1 nitrogen and oxygen atoms in total. The number of benzene rings is 2. The molecule has 2 aromatic rings. The summed E-state index contributed by atoms with van der Waals surface area (Å²) in [6, 6.07) is 19.6. The highest BCUT2D eigenvalue weighted by molar-refractivity contribution is 5.50. The molecule has 0 spiro atoms. The first-order chi connectivity index (χ1) is 9.88. The monoisotopic (exact) mass is 268 g/mol. The van der Waals surface area contributed by atoms with Crippen LogP contribution in [0.1, 0.15) is 11.1 Å². The van der Waals surface area contributed by atoms with Crippen molar-refractivity contribution in [3.05, 3.63) is 89.7 Å². The van der Waals surface area contributed by atoms with Gasteiger partial charge in [0.2, 0.25) is 0 Å². The van der Waals surface area contributed by atoms with Crippen LogP contribution in [-0.4, -0.2) is 6.67 Å². The predicted octanol–water partition coefficient (Wildman–Crippen LogP) is 4.77. The molecule has 0 heterocycles. The fourth-order valence-corrected chi connectivity index (χ4v) is 1.71. The minimum atomic E-state index is -0.605. The molecule has 2 heteroatoms. The minimum Gasteiger partial charge on any atom is -0.490 e. The molecular weight excluding hydrogens is 251 g/mol. The molecule has 0 aromatic heterocycles. The lowest BCUT2D eigenvalue weighted by molar-refractivity contribution is 0.177. The Morgan fingerprint density at radius 3 is 2.25 bits per heavy atom. The van der Waals surface area contributed by atoms with Gasteiger partial charge in [0.15, 0.2) is 0 Å². The molecule has 0 aliphatic carbocycles. The van der Waals surface area contributed by atoms with Crippen molar-refractivity contribution in [1.82, 2.24) is 0 Å². The zero-order valence-electron chi connectivity index (χ0n) is 11.2. The molecule has 20 heavy (non-hydrogen) atoms. The molecule has 0 fully saturated rings. The zero-order valence-corrected chi connectivity index (χ0v) is 11.2. The van der Waals surface area contributed by atoms with Gasteiger partial charge in [0.05, 0.1) is 0 Å². The number of hydrogen-bond acceptors (Lipinski definition) is 1. The van der Waals surface area contributed by atoms with E-state index in [1.807, 2.05) is 66.7 Å². The Labute approximate surface area is 119 Å². The Morgan fingerprint density at radius 1 is 0.950 bits per heavy atom. The average Bonchev–Trinajstić information content (AvgIpc) is 2.52. The van der Waals surface area contributed by atoms with Crippen molar-refractivity contribution < 1.29 is 9.13 Å². The van der Waals surface area contributed by atoms with E-state index >= 15 is 0 Å². The van der Waals surface area contributed by atoms with E-state index in [0.717, 1.165) is 11.1 Å². The Kier molecular flexibility index (Phi) is 5.59. The summed E-state index contributed by atoms with van der Waals surface area (Å²) in [4.78, 5) is 0. The van der Waals surface area contributed by atoms with Gasteiger partial charge in [-0.1, -0.05) is 72.8 Å². The van der Waals surface area contributed by atoms with Crippen molar-refractivity contribution in [2.75, 3.05) is 6.67 Å². The second-order valence-electron chi connectivity index (χ2n) is 4.31. The second-order valence-corrected chi connectivity index (χ2v) is 4.31. The minimum absolute atomic E-state index is 0.334. The number of ether oxygens (including phenoxy) is 1. The van der Waals surface area contributed by atoms with Gasteiger partial charge in [-0.15, -0.1) is 0 Å². The fraction of sp³-hybridized carbons (Fsp3) is 0.111. The maximum absolute atomic E-state index is 12.9.